The molecule has 0 spiro atoms. The molecular formula is C15H22FN3O. The van der Waals surface area contributed by atoms with Crippen LogP contribution < -0.4 is 11.1 Å². The number of likely N-dealkylation sites (tertiary alicyclic amines) is 1. The Morgan fingerprint density at radius 3 is 2.75 bits per heavy atom. The van der Waals surface area contributed by atoms with Gasteiger partial charge >= 0.3 is 6.03 Å². The van der Waals surface area contributed by atoms with Crippen LogP contribution in [0, 0.1) is 11.7 Å². The zero-order chi connectivity index (χ0) is 14.5. The van der Waals surface area contributed by atoms with Gasteiger partial charge in [0.2, 0.25) is 0 Å². The molecule has 4 nitrogen and oxygen atoms in total. The molecule has 1 saturated heterocycles. The highest BCUT2D eigenvalue weighted by atomic mass is 19.1. The molecule has 110 valence electrons. The number of amides is 2. The molecule has 0 unspecified atom stereocenters. The van der Waals surface area contributed by atoms with E-state index in [1.807, 2.05) is 0 Å². The summed E-state index contributed by atoms with van der Waals surface area (Å²) in [5.74, 6) is 0.362. The van der Waals surface area contributed by atoms with Crippen LogP contribution in [0.1, 0.15) is 30.9 Å². The van der Waals surface area contributed by atoms with Crippen molar-refractivity contribution in [2.75, 3.05) is 13.1 Å². The van der Waals surface area contributed by atoms with Crippen LogP contribution in [0.3, 0.4) is 0 Å². The van der Waals surface area contributed by atoms with E-state index in [1.54, 1.807) is 17.0 Å². The van der Waals surface area contributed by atoms with Gasteiger partial charge in [0.25, 0.3) is 0 Å². The lowest BCUT2D eigenvalue weighted by atomic mass is 10.00. The van der Waals surface area contributed by atoms with Crippen LogP contribution in [0.4, 0.5) is 9.18 Å². The maximum atomic E-state index is 13.8. The van der Waals surface area contributed by atoms with E-state index in [4.69, 9.17) is 5.73 Å². The third kappa shape index (κ3) is 3.70. The maximum Gasteiger partial charge on any atom is 0.317 e. The Morgan fingerprint density at radius 2 is 2.15 bits per heavy atom. The van der Waals surface area contributed by atoms with E-state index in [2.05, 4.69) is 12.2 Å². The van der Waals surface area contributed by atoms with Gasteiger partial charge in [-0.3, -0.25) is 0 Å². The third-order valence-corrected chi connectivity index (χ3v) is 3.85. The minimum atomic E-state index is -0.319. The van der Waals surface area contributed by atoms with Gasteiger partial charge < -0.3 is 16.0 Å². The third-order valence-electron chi connectivity index (χ3n) is 3.85. The Labute approximate surface area is 119 Å². The average molecular weight is 279 g/mol. The second-order valence-corrected chi connectivity index (χ2v) is 5.46. The highest BCUT2D eigenvalue weighted by Gasteiger charge is 2.20. The summed E-state index contributed by atoms with van der Waals surface area (Å²) in [6, 6.07) is 4.77. The fourth-order valence-corrected chi connectivity index (χ4v) is 2.36. The van der Waals surface area contributed by atoms with Crippen molar-refractivity contribution in [3.63, 3.8) is 0 Å². The molecule has 1 fully saturated rings. The summed E-state index contributed by atoms with van der Waals surface area (Å²) in [4.78, 5) is 13.8. The van der Waals surface area contributed by atoms with E-state index in [9.17, 15) is 9.18 Å². The highest BCUT2D eigenvalue weighted by molar-refractivity contribution is 5.74. The summed E-state index contributed by atoms with van der Waals surface area (Å²) in [5.41, 5.74) is 6.70. The lowest BCUT2D eigenvalue weighted by molar-refractivity contribution is 0.173. The number of carbonyl (C=O) groups excluding carboxylic acids is 1. The maximum absolute atomic E-state index is 13.8. The van der Waals surface area contributed by atoms with Crippen LogP contribution in [0.15, 0.2) is 18.2 Å². The number of rotatable bonds is 3. The first kappa shape index (κ1) is 14.8. The minimum Gasteiger partial charge on any atom is -0.334 e. The normalized spacial score (nSPS) is 16.2. The first-order valence-corrected chi connectivity index (χ1v) is 7.10. The molecule has 2 rings (SSSR count). The average Bonchev–Trinajstić information content (AvgIpc) is 2.46. The number of urea groups is 1. The summed E-state index contributed by atoms with van der Waals surface area (Å²) in [6.07, 6.45) is 2.07. The van der Waals surface area contributed by atoms with Crippen LogP contribution in [0.25, 0.3) is 0 Å². The summed E-state index contributed by atoms with van der Waals surface area (Å²) in [7, 11) is 0. The Balaban J connectivity index is 1.87. The van der Waals surface area contributed by atoms with E-state index in [1.165, 1.54) is 6.07 Å². The van der Waals surface area contributed by atoms with Crippen molar-refractivity contribution >= 4 is 6.03 Å². The number of hydrogen-bond donors (Lipinski definition) is 2. The van der Waals surface area contributed by atoms with Gasteiger partial charge in [-0.25, -0.2) is 9.18 Å². The van der Waals surface area contributed by atoms with E-state index in [-0.39, 0.29) is 18.4 Å². The van der Waals surface area contributed by atoms with Crippen molar-refractivity contribution in [1.82, 2.24) is 10.2 Å². The number of benzene rings is 1. The lowest BCUT2D eigenvalue weighted by Crippen LogP contribution is -2.43. The van der Waals surface area contributed by atoms with Crippen molar-refractivity contribution in [1.29, 1.82) is 0 Å². The van der Waals surface area contributed by atoms with Crippen LogP contribution in [0.5, 0.6) is 0 Å². The number of nitrogens with one attached hydrogen (secondary N) is 1. The summed E-state index contributed by atoms with van der Waals surface area (Å²) in [6.45, 7) is 4.28. The van der Waals surface area contributed by atoms with E-state index in [0.29, 0.717) is 18.0 Å². The van der Waals surface area contributed by atoms with Crippen LogP contribution in [-0.4, -0.2) is 24.0 Å². The van der Waals surface area contributed by atoms with Crippen LogP contribution in [0.2, 0.25) is 0 Å². The zero-order valence-corrected chi connectivity index (χ0v) is 11.9. The van der Waals surface area contributed by atoms with Crippen molar-refractivity contribution in [2.24, 2.45) is 11.7 Å². The van der Waals surface area contributed by atoms with Gasteiger partial charge in [-0.15, -0.1) is 0 Å². The van der Waals surface area contributed by atoms with Gasteiger partial charge in [-0.2, -0.15) is 0 Å². The van der Waals surface area contributed by atoms with Gasteiger partial charge in [-0.05, 0) is 30.4 Å². The molecule has 1 aromatic rings. The molecule has 1 aliphatic heterocycles. The topological polar surface area (TPSA) is 58.4 Å². The van der Waals surface area contributed by atoms with Gasteiger partial charge in [0, 0.05) is 31.7 Å². The first-order valence-electron chi connectivity index (χ1n) is 7.10. The molecule has 0 aliphatic carbocycles. The Kier molecular flexibility index (Phi) is 4.95. The summed E-state index contributed by atoms with van der Waals surface area (Å²) >= 11 is 0. The van der Waals surface area contributed by atoms with Crippen LogP contribution in [-0.2, 0) is 13.1 Å². The predicted octanol–water partition coefficient (Wildman–Crippen LogP) is 2.23. The first-order chi connectivity index (χ1) is 9.60. The molecule has 5 heteroatoms. The quantitative estimate of drug-likeness (QED) is 0.891. The molecule has 0 saturated carbocycles. The van der Waals surface area contributed by atoms with Crippen molar-refractivity contribution in [3.05, 3.63) is 35.1 Å². The number of piperidine rings is 1. The highest BCUT2D eigenvalue weighted by Crippen LogP contribution is 2.16. The van der Waals surface area contributed by atoms with Gasteiger partial charge in [-0.1, -0.05) is 19.1 Å². The fourth-order valence-electron chi connectivity index (χ4n) is 2.36. The molecule has 0 atom stereocenters. The van der Waals surface area contributed by atoms with Crippen molar-refractivity contribution < 1.29 is 9.18 Å². The van der Waals surface area contributed by atoms with Gasteiger partial charge in [0.1, 0.15) is 5.82 Å². The SMILES string of the molecule is CC1CCN(C(=O)NCc2ccc(CN)cc2F)CC1. The van der Waals surface area contributed by atoms with Crippen LogP contribution >= 0.6 is 0 Å². The van der Waals surface area contributed by atoms with E-state index in [0.717, 1.165) is 31.5 Å². The molecular weight excluding hydrogens is 257 g/mol. The Bertz CT molecular complexity index is 470. The Hall–Kier alpha value is -1.62. The number of halogens is 1. The molecule has 1 aromatic carbocycles. The molecule has 3 N–H and O–H groups in total. The molecule has 1 aliphatic rings. The number of hydrogen-bond acceptors (Lipinski definition) is 2. The number of carbonyl (C=O) groups is 1. The smallest absolute Gasteiger partial charge is 0.317 e. The minimum absolute atomic E-state index is 0.112. The standard InChI is InChI=1S/C15H22FN3O/c1-11-4-6-19(7-5-11)15(20)18-10-13-3-2-12(9-17)8-14(13)16/h2-3,8,11H,4-7,9-10,17H2,1H3,(H,18,20). The summed E-state index contributed by atoms with van der Waals surface area (Å²) in [5, 5.41) is 2.78. The molecule has 20 heavy (non-hydrogen) atoms. The second-order valence-electron chi connectivity index (χ2n) is 5.46. The van der Waals surface area contributed by atoms with Crippen molar-refractivity contribution in [3.8, 4) is 0 Å². The molecule has 0 bridgehead atoms. The van der Waals surface area contributed by atoms with Crippen molar-refractivity contribution in [2.45, 2.75) is 32.9 Å². The monoisotopic (exact) mass is 279 g/mol. The molecule has 2 amide bonds. The Morgan fingerprint density at radius 1 is 1.45 bits per heavy atom. The van der Waals surface area contributed by atoms with Gasteiger partial charge in [0.05, 0.1) is 0 Å². The summed E-state index contributed by atoms with van der Waals surface area (Å²) < 4.78 is 13.8. The second kappa shape index (κ2) is 6.70. The number of nitrogens with two attached hydrogens (primary N) is 1. The van der Waals surface area contributed by atoms with E-state index < -0.39 is 0 Å². The predicted molar refractivity (Wildman–Crippen MR) is 76.5 cm³/mol. The lowest BCUT2D eigenvalue weighted by Gasteiger charge is -2.30. The fraction of sp³-hybridized carbons (Fsp3) is 0.533. The van der Waals surface area contributed by atoms with Gasteiger partial charge in [0.15, 0.2) is 0 Å². The molecule has 0 radical (unpaired) electrons. The van der Waals surface area contributed by atoms with E-state index >= 15 is 0 Å². The molecule has 0 aromatic heterocycles. The zero-order valence-electron chi connectivity index (χ0n) is 11.9. The number of nitrogens with zero attached hydrogens (tertiary/aromatic N) is 1. The molecule has 1 heterocycles. The largest absolute Gasteiger partial charge is 0.334 e.